The first-order chi connectivity index (χ1) is 8.65. The molecule has 0 amide bonds. The van der Waals surface area contributed by atoms with Crippen molar-refractivity contribution in [2.75, 3.05) is 26.8 Å². The molecule has 2 nitrogen and oxygen atoms in total. The van der Waals surface area contributed by atoms with Crippen molar-refractivity contribution in [3.05, 3.63) is 34.1 Å². The minimum absolute atomic E-state index is 0.136. The summed E-state index contributed by atoms with van der Waals surface area (Å²) < 4.78 is 19.8. The lowest BCUT2D eigenvalue weighted by atomic mass is 10.00. The molecule has 0 bridgehead atoms. The van der Waals surface area contributed by atoms with Crippen LogP contribution in [0.3, 0.4) is 0 Å². The molecule has 1 aliphatic heterocycles. The zero-order chi connectivity index (χ0) is 13.0. The Morgan fingerprint density at radius 3 is 2.78 bits per heavy atom. The molecular formula is C14H19BrFNO. The van der Waals surface area contributed by atoms with Crippen LogP contribution >= 0.6 is 15.9 Å². The Morgan fingerprint density at radius 2 is 2.11 bits per heavy atom. The third kappa shape index (κ3) is 4.04. The zero-order valence-electron chi connectivity index (χ0n) is 10.7. The number of ether oxygens (including phenoxy) is 1. The van der Waals surface area contributed by atoms with Crippen LogP contribution < -0.4 is 0 Å². The van der Waals surface area contributed by atoms with E-state index in [1.807, 2.05) is 12.1 Å². The summed E-state index contributed by atoms with van der Waals surface area (Å²) in [5.74, 6) is 0.547. The highest BCUT2D eigenvalue weighted by Gasteiger charge is 2.16. The summed E-state index contributed by atoms with van der Waals surface area (Å²) in [4.78, 5) is 2.20. The van der Waals surface area contributed by atoms with Crippen molar-refractivity contribution in [1.82, 2.24) is 4.90 Å². The zero-order valence-corrected chi connectivity index (χ0v) is 12.2. The van der Waals surface area contributed by atoms with Gasteiger partial charge in [-0.05, 0) is 37.9 Å². The Labute approximate surface area is 116 Å². The normalized spacial score (nSPS) is 17.3. The van der Waals surface area contributed by atoms with Crippen LogP contribution in [0.15, 0.2) is 22.7 Å². The third-order valence-electron chi connectivity index (χ3n) is 3.37. The van der Waals surface area contributed by atoms with Crippen LogP contribution in [-0.4, -0.2) is 31.7 Å². The highest BCUT2D eigenvalue weighted by molar-refractivity contribution is 9.10. The molecule has 1 aliphatic rings. The quantitative estimate of drug-likeness (QED) is 0.844. The molecule has 0 saturated carbocycles. The van der Waals surface area contributed by atoms with Gasteiger partial charge in [-0.25, -0.2) is 4.39 Å². The molecule has 1 fully saturated rings. The van der Waals surface area contributed by atoms with Crippen LogP contribution in [0.25, 0.3) is 0 Å². The number of rotatable bonds is 4. The second-order valence-electron chi connectivity index (χ2n) is 4.99. The number of hydrogen-bond donors (Lipinski definition) is 0. The van der Waals surface area contributed by atoms with Crippen LogP contribution in [0.2, 0.25) is 0 Å². The van der Waals surface area contributed by atoms with E-state index in [1.54, 1.807) is 0 Å². The van der Waals surface area contributed by atoms with Crippen molar-refractivity contribution < 1.29 is 9.13 Å². The van der Waals surface area contributed by atoms with Gasteiger partial charge in [0, 0.05) is 36.3 Å². The number of hydrogen-bond acceptors (Lipinski definition) is 2. The lowest BCUT2D eigenvalue weighted by Crippen LogP contribution is -2.29. The van der Waals surface area contributed by atoms with Gasteiger partial charge in [0.1, 0.15) is 5.82 Å². The molecule has 1 saturated heterocycles. The molecule has 0 atom stereocenters. The predicted octanol–water partition coefficient (Wildman–Crippen LogP) is 3.45. The minimum atomic E-state index is -0.136. The van der Waals surface area contributed by atoms with Crippen LogP contribution in [0.4, 0.5) is 4.39 Å². The molecule has 0 aromatic heterocycles. The Bertz CT molecular complexity index is 393. The van der Waals surface area contributed by atoms with E-state index in [0.29, 0.717) is 12.5 Å². The smallest absolute Gasteiger partial charge is 0.128 e. The van der Waals surface area contributed by atoms with Gasteiger partial charge in [-0.3, -0.25) is 0 Å². The summed E-state index contributed by atoms with van der Waals surface area (Å²) in [5, 5.41) is 0. The molecule has 1 aromatic carbocycles. The number of nitrogens with zero attached hydrogens (tertiary/aromatic N) is 1. The van der Waals surface area contributed by atoms with Gasteiger partial charge in [0.15, 0.2) is 0 Å². The maximum absolute atomic E-state index is 13.7. The molecule has 1 aromatic rings. The van der Waals surface area contributed by atoms with E-state index in [0.717, 1.165) is 42.6 Å². The first kappa shape index (κ1) is 14.0. The topological polar surface area (TPSA) is 12.5 Å². The summed E-state index contributed by atoms with van der Waals surface area (Å²) in [6, 6.07) is 5.26. The van der Waals surface area contributed by atoms with Crippen molar-refractivity contribution in [3.63, 3.8) is 0 Å². The van der Waals surface area contributed by atoms with Gasteiger partial charge in [-0.15, -0.1) is 0 Å². The molecule has 4 heteroatoms. The van der Waals surface area contributed by atoms with Gasteiger partial charge in [0.2, 0.25) is 0 Å². The molecule has 0 aliphatic carbocycles. The molecule has 1 heterocycles. The maximum Gasteiger partial charge on any atom is 0.128 e. The Hall–Kier alpha value is -0.450. The molecule has 0 radical (unpaired) electrons. The Kier molecular flexibility index (Phi) is 5.15. The van der Waals surface area contributed by atoms with Crippen LogP contribution in [0.5, 0.6) is 0 Å². The molecule has 100 valence electrons. The molecule has 2 rings (SSSR count). The summed E-state index contributed by atoms with van der Waals surface area (Å²) in [5.41, 5.74) is 0.757. The fourth-order valence-corrected chi connectivity index (χ4v) is 2.71. The molecular weight excluding hydrogens is 297 g/mol. The van der Waals surface area contributed by atoms with Crippen LogP contribution in [-0.2, 0) is 11.3 Å². The average molecular weight is 316 g/mol. The van der Waals surface area contributed by atoms with Gasteiger partial charge < -0.3 is 9.64 Å². The highest BCUT2D eigenvalue weighted by Crippen LogP contribution is 2.19. The molecule has 18 heavy (non-hydrogen) atoms. The lowest BCUT2D eigenvalue weighted by molar-refractivity contribution is 0.0548. The van der Waals surface area contributed by atoms with Crippen molar-refractivity contribution in [1.29, 1.82) is 0 Å². The standard InChI is InChI=1S/C14H19BrFNO/c1-17(9-11-4-6-18-7-5-11)10-12-2-3-13(15)8-14(12)16/h2-3,8,11H,4-7,9-10H2,1H3. The summed E-state index contributed by atoms with van der Waals surface area (Å²) in [6.45, 7) is 3.41. The molecule has 0 N–H and O–H groups in total. The van der Waals surface area contributed by atoms with Crippen molar-refractivity contribution >= 4 is 15.9 Å². The van der Waals surface area contributed by atoms with Crippen molar-refractivity contribution in [2.24, 2.45) is 5.92 Å². The predicted molar refractivity (Wildman–Crippen MR) is 74.0 cm³/mol. The van der Waals surface area contributed by atoms with E-state index in [-0.39, 0.29) is 5.82 Å². The monoisotopic (exact) mass is 315 g/mol. The average Bonchev–Trinajstić information content (AvgIpc) is 2.34. The molecule has 0 spiro atoms. The SMILES string of the molecule is CN(Cc1ccc(Br)cc1F)CC1CCOCC1. The second kappa shape index (κ2) is 6.64. The highest BCUT2D eigenvalue weighted by atomic mass is 79.9. The fraction of sp³-hybridized carbons (Fsp3) is 0.571. The largest absolute Gasteiger partial charge is 0.381 e. The van der Waals surface area contributed by atoms with E-state index in [9.17, 15) is 4.39 Å². The van der Waals surface area contributed by atoms with E-state index in [4.69, 9.17) is 4.74 Å². The number of benzene rings is 1. The lowest BCUT2D eigenvalue weighted by Gasteiger charge is -2.27. The van der Waals surface area contributed by atoms with Gasteiger partial charge in [0.25, 0.3) is 0 Å². The summed E-state index contributed by atoms with van der Waals surface area (Å²) in [7, 11) is 2.05. The third-order valence-corrected chi connectivity index (χ3v) is 3.86. The van der Waals surface area contributed by atoms with Crippen LogP contribution in [0.1, 0.15) is 18.4 Å². The Morgan fingerprint density at radius 1 is 1.39 bits per heavy atom. The van der Waals surface area contributed by atoms with E-state index < -0.39 is 0 Å². The van der Waals surface area contributed by atoms with Gasteiger partial charge in [-0.1, -0.05) is 22.0 Å². The van der Waals surface area contributed by atoms with Crippen molar-refractivity contribution in [3.8, 4) is 0 Å². The first-order valence-corrected chi connectivity index (χ1v) is 7.14. The summed E-state index contributed by atoms with van der Waals surface area (Å²) in [6.07, 6.45) is 2.24. The maximum atomic E-state index is 13.7. The summed E-state index contributed by atoms with van der Waals surface area (Å²) >= 11 is 3.27. The fourth-order valence-electron chi connectivity index (χ4n) is 2.38. The van der Waals surface area contributed by atoms with Crippen LogP contribution in [0, 0.1) is 11.7 Å². The van der Waals surface area contributed by atoms with E-state index in [1.165, 1.54) is 6.07 Å². The Balaban J connectivity index is 1.87. The second-order valence-corrected chi connectivity index (χ2v) is 5.90. The van der Waals surface area contributed by atoms with Gasteiger partial charge in [-0.2, -0.15) is 0 Å². The van der Waals surface area contributed by atoms with Gasteiger partial charge in [0.05, 0.1) is 0 Å². The van der Waals surface area contributed by atoms with Crippen molar-refractivity contribution in [2.45, 2.75) is 19.4 Å². The van der Waals surface area contributed by atoms with E-state index >= 15 is 0 Å². The van der Waals surface area contributed by atoms with Gasteiger partial charge >= 0.3 is 0 Å². The first-order valence-electron chi connectivity index (χ1n) is 6.35. The minimum Gasteiger partial charge on any atom is -0.381 e. The van der Waals surface area contributed by atoms with E-state index in [2.05, 4.69) is 27.9 Å². The molecule has 0 unspecified atom stereocenters. The number of halogens is 2.